The zero-order valence-corrected chi connectivity index (χ0v) is 13.6. The van der Waals surface area contributed by atoms with E-state index in [2.05, 4.69) is 18.9 Å². The van der Waals surface area contributed by atoms with Gasteiger partial charge in [0.25, 0.3) is 0 Å². The molecular formula is C15H21N3O2S. The average Bonchev–Trinajstić information content (AvgIpc) is 2.62. The molecule has 6 heteroatoms. The van der Waals surface area contributed by atoms with E-state index in [0.717, 1.165) is 5.56 Å². The van der Waals surface area contributed by atoms with Crippen molar-refractivity contribution in [2.75, 3.05) is 12.0 Å². The Bertz CT molecular complexity index is 744. The van der Waals surface area contributed by atoms with Gasteiger partial charge in [0.2, 0.25) is 0 Å². The van der Waals surface area contributed by atoms with Crippen molar-refractivity contribution in [2.45, 2.75) is 25.5 Å². The molecule has 5 nitrogen and oxygen atoms in total. The van der Waals surface area contributed by atoms with Crippen molar-refractivity contribution in [1.82, 2.24) is 9.78 Å². The zero-order chi connectivity index (χ0) is 15.8. The maximum Gasteiger partial charge on any atom is 0.153 e. The molecule has 21 heavy (non-hydrogen) atoms. The van der Waals surface area contributed by atoms with E-state index in [9.17, 15) is 8.42 Å². The molecule has 1 aromatic carbocycles. The molecule has 0 saturated carbocycles. The molecule has 1 heterocycles. The Hall–Kier alpha value is -1.82. The molecule has 114 valence electrons. The van der Waals surface area contributed by atoms with Gasteiger partial charge in [0, 0.05) is 18.9 Å². The lowest BCUT2D eigenvalue weighted by Crippen LogP contribution is -2.03. The Labute approximate surface area is 125 Å². The lowest BCUT2D eigenvalue weighted by atomic mass is 9.99. The van der Waals surface area contributed by atoms with Gasteiger partial charge in [0.15, 0.2) is 9.84 Å². The van der Waals surface area contributed by atoms with Gasteiger partial charge in [-0.3, -0.25) is 4.68 Å². The molecule has 1 aromatic heterocycles. The number of nitrogens with two attached hydrogens (primary N) is 1. The van der Waals surface area contributed by atoms with Crippen LogP contribution < -0.4 is 5.73 Å². The van der Waals surface area contributed by atoms with Crippen LogP contribution in [0, 0.1) is 0 Å². The van der Waals surface area contributed by atoms with E-state index in [-0.39, 0.29) is 5.75 Å². The molecule has 0 aliphatic carbocycles. The first-order chi connectivity index (χ1) is 9.69. The van der Waals surface area contributed by atoms with E-state index in [4.69, 9.17) is 5.73 Å². The molecule has 0 fully saturated rings. The summed E-state index contributed by atoms with van der Waals surface area (Å²) in [5.74, 6) is 0.811. The summed E-state index contributed by atoms with van der Waals surface area (Å²) in [7, 11) is -1.45. The molecule has 0 bridgehead atoms. The Morgan fingerprint density at radius 3 is 2.29 bits per heavy atom. The molecule has 0 aliphatic rings. The van der Waals surface area contributed by atoms with Gasteiger partial charge in [-0.25, -0.2) is 8.42 Å². The summed E-state index contributed by atoms with van der Waals surface area (Å²) >= 11 is 0. The minimum Gasteiger partial charge on any atom is -0.383 e. The largest absolute Gasteiger partial charge is 0.383 e. The predicted octanol–water partition coefficient (Wildman–Crippen LogP) is 2.34. The number of benzene rings is 1. The third-order valence-electron chi connectivity index (χ3n) is 3.43. The Kier molecular flexibility index (Phi) is 4.09. The van der Waals surface area contributed by atoms with Gasteiger partial charge in [0.05, 0.1) is 11.4 Å². The first kappa shape index (κ1) is 15.6. The van der Waals surface area contributed by atoms with E-state index < -0.39 is 9.84 Å². The highest BCUT2D eigenvalue weighted by Gasteiger charge is 2.19. The van der Waals surface area contributed by atoms with Crippen molar-refractivity contribution >= 4 is 15.7 Å². The highest BCUT2D eigenvalue weighted by atomic mass is 32.2. The van der Waals surface area contributed by atoms with Crippen molar-refractivity contribution in [3.8, 4) is 11.1 Å². The molecule has 0 saturated heterocycles. The maximum absolute atomic E-state index is 11.6. The van der Waals surface area contributed by atoms with Crippen LogP contribution in [0.15, 0.2) is 24.3 Å². The van der Waals surface area contributed by atoms with Gasteiger partial charge in [0.1, 0.15) is 5.82 Å². The van der Waals surface area contributed by atoms with Crippen LogP contribution in [0.25, 0.3) is 11.1 Å². The van der Waals surface area contributed by atoms with Gasteiger partial charge in [-0.05, 0) is 17.0 Å². The standard InChI is InChI=1S/C15H21N3O2S/c1-10(2)11-5-7-12(8-6-11)14-13(9-21(4,19)20)17-18(3)15(14)16/h5-8,10H,9,16H2,1-4H3. The fraction of sp³-hybridized carbons (Fsp3) is 0.400. The first-order valence-corrected chi connectivity index (χ1v) is 8.84. The maximum atomic E-state index is 11.6. The smallest absolute Gasteiger partial charge is 0.153 e. The fourth-order valence-corrected chi connectivity index (χ4v) is 2.99. The molecule has 2 rings (SSSR count). The molecule has 0 aliphatic heterocycles. The number of nitrogen functional groups attached to an aromatic ring is 1. The molecule has 2 N–H and O–H groups in total. The number of anilines is 1. The second kappa shape index (κ2) is 5.52. The van der Waals surface area contributed by atoms with Crippen molar-refractivity contribution in [3.05, 3.63) is 35.5 Å². The van der Waals surface area contributed by atoms with Crippen LogP contribution in [0.4, 0.5) is 5.82 Å². The lowest BCUT2D eigenvalue weighted by molar-refractivity contribution is 0.600. The summed E-state index contributed by atoms with van der Waals surface area (Å²) in [6.45, 7) is 4.26. The number of sulfone groups is 1. The minimum absolute atomic E-state index is 0.112. The first-order valence-electron chi connectivity index (χ1n) is 6.78. The average molecular weight is 307 g/mol. The fourth-order valence-electron chi connectivity index (χ4n) is 2.29. The minimum atomic E-state index is -3.16. The molecule has 0 amide bonds. The van der Waals surface area contributed by atoms with E-state index in [0.29, 0.717) is 23.0 Å². The van der Waals surface area contributed by atoms with Crippen LogP contribution in [0.1, 0.15) is 31.0 Å². The van der Waals surface area contributed by atoms with Crippen LogP contribution in [-0.2, 0) is 22.6 Å². The van der Waals surface area contributed by atoms with E-state index in [1.807, 2.05) is 24.3 Å². The van der Waals surface area contributed by atoms with Gasteiger partial charge < -0.3 is 5.73 Å². The Balaban J connectivity index is 2.52. The van der Waals surface area contributed by atoms with Crippen LogP contribution >= 0.6 is 0 Å². The summed E-state index contributed by atoms with van der Waals surface area (Å²) in [6.07, 6.45) is 1.20. The second-order valence-electron chi connectivity index (χ2n) is 5.68. The Morgan fingerprint density at radius 1 is 1.24 bits per heavy atom. The normalized spacial score (nSPS) is 12.0. The molecule has 0 unspecified atom stereocenters. The summed E-state index contributed by atoms with van der Waals surface area (Å²) in [4.78, 5) is 0. The molecular weight excluding hydrogens is 286 g/mol. The highest BCUT2D eigenvalue weighted by molar-refractivity contribution is 7.89. The number of rotatable bonds is 4. The summed E-state index contributed by atoms with van der Waals surface area (Å²) < 4.78 is 24.6. The summed E-state index contributed by atoms with van der Waals surface area (Å²) in [5, 5.41) is 4.24. The topological polar surface area (TPSA) is 78.0 Å². The molecule has 2 aromatic rings. The SMILES string of the molecule is CC(C)c1ccc(-c2c(CS(C)(=O)=O)nn(C)c2N)cc1. The van der Waals surface area contributed by atoms with Crippen LogP contribution in [-0.4, -0.2) is 24.5 Å². The molecule has 0 radical (unpaired) electrons. The highest BCUT2D eigenvalue weighted by Crippen LogP contribution is 2.31. The zero-order valence-electron chi connectivity index (χ0n) is 12.8. The van der Waals surface area contributed by atoms with E-state index in [1.54, 1.807) is 7.05 Å². The van der Waals surface area contributed by atoms with E-state index >= 15 is 0 Å². The second-order valence-corrected chi connectivity index (χ2v) is 7.82. The lowest BCUT2D eigenvalue weighted by Gasteiger charge is -2.08. The third kappa shape index (κ3) is 3.44. The monoisotopic (exact) mass is 307 g/mol. The van der Waals surface area contributed by atoms with Crippen molar-refractivity contribution in [2.24, 2.45) is 7.05 Å². The van der Waals surface area contributed by atoms with Crippen molar-refractivity contribution in [3.63, 3.8) is 0 Å². The quantitative estimate of drug-likeness (QED) is 0.940. The predicted molar refractivity (Wildman–Crippen MR) is 85.7 cm³/mol. The number of aromatic nitrogens is 2. The van der Waals surface area contributed by atoms with Crippen LogP contribution in [0.2, 0.25) is 0 Å². The third-order valence-corrected chi connectivity index (χ3v) is 4.23. The number of nitrogens with zero attached hydrogens (tertiary/aromatic N) is 2. The van der Waals surface area contributed by atoms with Gasteiger partial charge >= 0.3 is 0 Å². The summed E-state index contributed by atoms with van der Waals surface area (Å²) in [5.41, 5.74) is 9.38. The van der Waals surface area contributed by atoms with Crippen molar-refractivity contribution < 1.29 is 8.42 Å². The van der Waals surface area contributed by atoms with Gasteiger partial charge in [-0.2, -0.15) is 5.10 Å². The van der Waals surface area contributed by atoms with Gasteiger partial charge in [-0.15, -0.1) is 0 Å². The molecule has 0 spiro atoms. The van der Waals surface area contributed by atoms with Crippen LogP contribution in [0.5, 0.6) is 0 Å². The molecule has 0 atom stereocenters. The number of aryl methyl sites for hydroxylation is 1. The number of hydrogen-bond acceptors (Lipinski definition) is 4. The number of hydrogen-bond donors (Lipinski definition) is 1. The summed E-state index contributed by atoms with van der Waals surface area (Å²) in [6, 6.07) is 8.01. The van der Waals surface area contributed by atoms with E-state index in [1.165, 1.54) is 16.5 Å². The van der Waals surface area contributed by atoms with Gasteiger partial charge in [-0.1, -0.05) is 38.1 Å². The Morgan fingerprint density at radius 2 is 1.81 bits per heavy atom. The van der Waals surface area contributed by atoms with Crippen molar-refractivity contribution in [1.29, 1.82) is 0 Å². The van der Waals surface area contributed by atoms with Crippen LogP contribution in [0.3, 0.4) is 0 Å².